The van der Waals surface area contributed by atoms with Gasteiger partial charge in [-0.15, -0.1) is 0 Å². The van der Waals surface area contributed by atoms with Gasteiger partial charge < -0.3 is 4.90 Å². The molecule has 0 unspecified atom stereocenters. The molecular formula is C19H23BrN2O. The lowest BCUT2D eigenvalue weighted by Crippen LogP contribution is -2.32. The van der Waals surface area contributed by atoms with Crippen LogP contribution in [0.25, 0.3) is 10.9 Å². The van der Waals surface area contributed by atoms with Gasteiger partial charge in [0.15, 0.2) is 0 Å². The molecule has 0 saturated heterocycles. The number of rotatable bonds is 3. The zero-order chi connectivity index (χ0) is 16.4. The van der Waals surface area contributed by atoms with Crippen LogP contribution in [0.1, 0.15) is 48.2 Å². The van der Waals surface area contributed by atoms with Crippen LogP contribution in [-0.4, -0.2) is 29.4 Å². The molecule has 3 nitrogen and oxygen atoms in total. The smallest absolute Gasteiger partial charge is 0.254 e. The average molecular weight is 375 g/mol. The van der Waals surface area contributed by atoms with Crippen LogP contribution in [0.3, 0.4) is 0 Å². The first-order valence-corrected chi connectivity index (χ1v) is 9.16. The summed E-state index contributed by atoms with van der Waals surface area (Å²) in [6, 6.07) is 7.83. The molecule has 0 bridgehead atoms. The minimum absolute atomic E-state index is 0.105. The van der Waals surface area contributed by atoms with E-state index in [0.29, 0.717) is 5.92 Å². The SMILES string of the molecule is Cc1cc(C(=O)N(C)CC2CCCCC2)c2ccc(Br)cc2n1. The van der Waals surface area contributed by atoms with E-state index in [-0.39, 0.29) is 5.91 Å². The topological polar surface area (TPSA) is 33.2 Å². The Hall–Kier alpha value is -1.42. The van der Waals surface area contributed by atoms with E-state index in [0.717, 1.165) is 33.2 Å². The monoisotopic (exact) mass is 374 g/mol. The van der Waals surface area contributed by atoms with Crippen molar-refractivity contribution >= 4 is 32.7 Å². The summed E-state index contributed by atoms with van der Waals surface area (Å²) < 4.78 is 0.983. The maximum atomic E-state index is 13.0. The second-order valence-corrected chi connectivity index (χ2v) is 7.58. The van der Waals surface area contributed by atoms with Gasteiger partial charge in [-0.2, -0.15) is 0 Å². The van der Waals surface area contributed by atoms with E-state index >= 15 is 0 Å². The van der Waals surface area contributed by atoms with Gasteiger partial charge in [0.2, 0.25) is 0 Å². The summed E-state index contributed by atoms with van der Waals surface area (Å²) in [5.41, 5.74) is 2.51. The van der Waals surface area contributed by atoms with E-state index < -0.39 is 0 Å². The van der Waals surface area contributed by atoms with E-state index in [1.54, 1.807) is 0 Å². The molecule has 0 N–H and O–H groups in total. The minimum Gasteiger partial charge on any atom is -0.341 e. The molecule has 0 radical (unpaired) electrons. The first-order chi connectivity index (χ1) is 11.0. The number of amides is 1. The van der Waals surface area contributed by atoms with Gasteiger partial charge in [0.1, 0.15) is 0 Å². The first kappa shape index (κ1) is 16.4. The van der Waals surface area contributed by atoms with Gasteiger partial charge in [0, 0.05) is 29.1 Å². The number of aromatic nitrogens is 1. The molecule has 2 aromatic rings. The fraction of sp³-hybridized carbons (Fsp3) is 0.474. The third kappa shape index (κ3) is 3.74. The van der Waals surface area contributed by atoms with Crippen molar-refractivity contribution in [2.75, 3.05) is 13.6 Å². The van der Waals surface area contributed by atoms with Crippen LogP contribution in [0.15, 0.2) is 28.7 Å². The number of carbonyl (C=O) groups excluding carboxylic acids is 1. The summed E-state index contributed by atoms with van der Waals surface area (Å²) >= 11 is 3.48. The van der Waals surface area contributed by atoms with Crippen molar-refractivity contribution < 1.29 is 4.79 Å². The fourth-order valence-corrected chi connectivity index (χ4v) is 3.91. The van der Waals surface area contributed by atoms with Crippen molar-refractivity contribution in [1.29, 1.82) is 0 Å². The van der Waals surface area contributed by atoms with Crippen molar-refractivity contribution in [3.8, 4) is 0 Å². The number of nitrogens with zero attached hydrogens (tertiary/aromatic N) is 2. The highest BCUT2D eigenvalue weighted by atomic mass is 79.9. The summed E-state index contributed by atoms with van der Waals surface area (Å²) in [4.78, 5) is 19.4. The Labute approximate surface area is 146 Å². The normalized spacial score (nSPS) is 15.8. The summed E-state index contributed by atoms with van der Waals surface area (Å²) in [6.07, 6.45) is 6.45. The third-order valence-corrected chi connectivity index (χ3v) is 5.23. The summed E-state index contributed by atoms with van der Waals surface area (Å²) in [7, 11) is 1.93. The minimum atomic E-state index is 0.105. The van der Waals surface area contributed by atoms with Gasteiger partial charge in [-0.05, 0) is 43.9 Å². The number of hydrogen-bond acceptors (Lipinski definition) is 2. The molecule has 4 heteroatoms. The lowest BCUT2D eigenvalue weighted by molar-refractivity contribution is 0.0762. The Kier molecular flexibility index (Phi) is 5.00. The molecule has 1 heterocycles. The van der Waals surface area contributed by atoms with Crippen LogP contribution in [0.5, 0.6) is 0 Å². The number of pyridine rings is 1. The lowest BCUT2D eigenvalue weighted by Gasteiger charge is -2.27. The molecule has 1 aromatic carbocycles. The van der Waals surface area contributed by atoms with Crippen LogP contribution in [-0.2, 0) is 0 Å². The molecule has 23 heavy (non-hydrogen) atoms. The molecular weight excluding hydrogens is 352 g/mol. The summed E-state index contributed by atoms with van der Waals surface area (Å²) in [6.45, 7) is 2.80. The van der Waals surface area contributed by atoms with E-state index in [1.807, 2.05) is 43.1 Å². The van der Waals surface area contributed by atoms with Gasteiger partial charge >= 0.3 is 0 Å². The molecule has 3 rings (SSSR count). The van der Waals surface area contributed by atoms with Crippen LogP contribution in [0.4, 0.5) is 0 Å². The number of fused-ring (bicyclic) bond motifs is 1. The quantitative estimate of drug-likeness (QED) is 0.760. The Bertz CT molecular complexity index is 717. The number of hydrogen-bond donors (Lipinski definition) is 0. The van der Waals surface area contributed by atoms with Gasteiger partial charge in [-0.1, -0.05) is 41.3 Å². The Balaban J connectivity index is 1.87. The third-order valence-electron chi connectivity index (χ3n) is 4.73. The molecule has 1 aromatic heterocycles. The molecule has 1 saturated carbocycles. The fourth-order valence-electron chi connectivity index (χ4n) is 3.56. The Morgan fingerprint density at radius 1 is 1.26 bits per heavy atom. The molecule has 1 aliphatic carbocycles. The number of benzene rings is 1. The van der Waals surface area contributed by atoms with Gasteiger partial charge in [0.25, 0.3) is 5.91 Å². The Morgan fingerprint density at radius 3 is 2.74 bits per heavy atom. The molecule has 0 aliphatic heterocycles. The first-order valence-electron chi connectivity index (χ1n) is 8.37. The second-order valence-electron chi connectivity index (χ2n) is 6.66. The van der Waals surface area contributed by atoms with Crippen LogP contribution < -0.4 is 0 Å². The zero-order valence-corrected chi connectivity index (χ0v) is 15.4. The van der Waals surface area contributed by atoms with Crippen molar-refractivity contribution in [2.24, 2.45) is 5.92 Å². The highest BCUT2D eigenvalue weighted by molar-refractivity contribution is 9.10. The van der Waals surface area contributed by atoms with Crippen molar-refractivity contribution in [2.45, 2.75) is 39.0 Å². The largest absolute Gasteiger partial charge is 0.341 e. The van der Waals surface area contributed by atoms with E-state index in [9.17, 15) is 4.79 Å². The maximum absolute atomic E-state index is 13.0. The van der Waals surface area contributed by atoms with Crippen LogP contribution in [0, 0.1) is 12.8 Å². The van der Waals surface area contributed by atoms with Crippen LogP contribution >= 0.6 is 15.9 Å². The zero-order valence-electron chi connectivity index (χ0n) is 13.8. The highest BCUT2D eigenvalue weighted by Crippen LogP contribution is 2.26. The predicted octanol–water partition coefficient (Wildman–Crippen LogP) is 4.96. The van der Waals surface area contributed by atoms with Gasteiger partial charge in [0.05, 0.1) is 11.1 Å². The molecule has 1 aliphatic rings. The van der Waals surface area contributed by atoms with E-state index in [2.05, 4.69) is 20.9 Å². The maximum Gasteiger partial charge on any atom is 0.254 e. The summed E-state index contributed by atoms with van der Waals surface area (Å²) in [5.74, 6) is 0.759. The number of carbonyl (C=O) groups is 1. The molecule has 1 fully saturated rings. The summed E-state index contributed by atoms with van der Waals surface area (Å²) in [5, 5.41) is 0.930. The standard InChI is InChI=1S/C19H23BrN2O/c1-13-10-17(16-9-8-15(20)11-18(16)21-13)19(23)22(2)12-14-6-4-3-5-7-14/h8-11,14H,3-7,12H2,1-2H3. The predicted molar refractivity (Wildman–Crippen MR) is 97.7 cm³/mol. The molecule has 1 amide bonds. The van der Waals surface area contributed by atoms with Crippen molar-refractivity contribution in [3.63, 3.8) is 0 Å². The molecule has 122 valence electrons. The van der Waals surface area contributed by atoms with Gasteiger partial charge in [-0.25, -0.2) is 0 Å². The van der Waals surface area contributed by atoms with Crippen LogP contribution in [0.2, 0.25) is 0 Å². The van der Waals surface area contributed by atoms with Gasteiger partial charge in [-0.3, -0.25) is 9.78 Å². The van der Waals surface area contributed by atoms with E-state index in [4.69, 9.17) is 0 Å². The molecule has 0 spiro atoms. The second kappa shape index (κ2) is 7.00. The number of aryl methyl sites for hydroxylation is 1. The molecule has 0 atom stereocenters. The average Bonchev–Trinajstić information content (AvgIpc) is 2.53. The Morgan fingerprint density at radius 2 is 2.00 bits per heavy atom. The highest BCUT2D eigenvalue weighted by Gasteiger charge is 2.21. The number of halogens is 1. The van der Waals surface area contributed by atoms with E-state index in [1.165, 1.54) is 32.1 Å². The van der Waals surface area contributed by atoms with Crippen molar-refractivity contribution in [1.82, 2.24) is 9.88 Å². The van der Waals surface area contributed by atoms with Crippen molar-refractivity contribution in [3.05, 3.63) is 40.0 Å². The lowest BCUT2D eigenvalue weighted by atomic mass is 9.89.